The van der Waals surface area contributed by atoms with Crippen LogP contribution < -0.4 is 10.6 Å². The number of esters is 1. The first-order valence-corrected chi connectivity index (χ1v) is 7.41. The second kappa shape index (κ2) is 7.12. The van der Waals surface area contributed by atoms with Gasteiger partial charge in [-0.15, -0.1) is 0 Å². The fraction of sp³-hybridized carbons (Fsp3) is 0.222. The maximum absolute atomic E-state index is 13.9. The van der Waals surface area contributed by atoms with Crippen LogP contribution in [0.3, 0.4) is 0 Å². The lowest BCUT2D eigenvalue weighted by Gasteiger charge is -2.22. The fourth-order valence-corrected chi connectivity index (χ4v) is 2.23. The molecule has 0 saturated carbocycles. The number of rotatable bonds is 4. The molecule has 126 valence electrons. The minimum Gasteiger partial charge on any atom is -0.449 e. The van der Waals surface area contributed by atoms with Gasteiger partial charge in [-0.2, -0.15) is 0 Å². The summed E-state index contributed by atoms with van der Waals surface area (Å²) >= 11 is 0. The van der Waals surface area contributed by atoms with Crippen LogP contribution >= 0.6 is 0 Å². The van der Waals surface area contributed by atoms with Gasteiger partial charge in [0, 0.05) is 12.7 Å². The van der Waals surface area contributed by atoms with Crippen LogP contribution in [-0.2, 0) is 9.53 Å². The van der Waals surface area contributed by atoms with E-state index in [2.05, 4.69) is 0 Å². The van der Waals surface area contributed by atoms with E-state index in [0.717, 1.165) is 6.07 Å². The van der Waals surface area contributed by atoms with Crippen LogP contribution in [0.5, 0.6) is 0 Å². The Labute approximate surface area is 139 Å². The van der Waals surface area contributed by atoms with E-state index < -0.39 is 23.8 Å². The van der Waals surface area contributed by atoms with Gasteiger partial charge in [-0.1, -0.05) is 24.3 Å². The van der Waals surface area contributed by atoms with Crippen LogP contribution in [0.4, 0.5) is 15.8 Å². The van der Waals surface area contributed by atoms with E-state index in [4.69, 9.17) is 10.5 Å². The number of ether oxygens (including phenoxy) is 1. The van der Waals surface area contributed by atoms with Gasteiger partial charge >= 0.3 is 5.97 Å². The van der Waals surface area contributed by atoms with E-state index in [1.54, 1.807) is 38.2 Å². The van der Waals surface area contributed by atoms with Crippen molar-refractivity contribution in [2.45, 2.75) is 20.0 Å². The van der Waals surface area contributed by atoms with Gasteiger partial charge < -0.3 is 15.4 Å². The minimum absolute atomic E-state index is 0.0102. The Morgan fingerprint density at radius 3 is 2.42 bits per heavy atom. The molecule has 6 heteroatoms. The Balaban J connectivity index is 2.15. The van der Waals surface area contributed by atoms with Crippen LogP contribution in [-0.4, -0.2) is 25.0 Å². The number of nitrogen functional groups attached to an aromatic ring is 1. The highest BCUT2D eigenvalue weighted by molar-refractivity contribution is 6.00. The third-order valence-electron chi connectivity index (χ3n) is 3.72. The Bertz CT molecular complexity index is 762. The topological polar surface area (TPSA) is 72.6 Å². The van der Waals surface area contributed by atoms with Crippen molar-refractivity contribution in [2.75, 3.05) is 17.7 Å². The normalized spacial score (nSPS) is 11.7. The van der Waals surface area contributed by atoms with Crippen molar-refractivity contribution in [1.82, 2.24) is 0 Å². The number of hydrogen-bond acceptors (Lipinski definition) is 4. The number of likely N-dealkylation sites (N-methyl/N-ethyl adjacent to an activating group) is 1. The molecule has 0 spiro atoms. The largest absolute Gasteiger partial charge is 0.449 e. The van der Waals surface area contributed by atoms with Crippen molar-refractivity contribution in [1.29, 1.82) is 0 Å². The third-order valence-corrected chi connectivity index (χ3v) is 3.72. The Morgan fingerprint density at radius 2 is 1.79 bits per heavy atom. The minimum atomic E-state index is -1.08. The van der Waals surface area contributed by atoms with E-state index >= 15 is 0 Å². The second-order valence-electron chi connectivity index (χ2n) is 5.43. The number of nitrogens with two attached hydrogens (primary N) is 1. The van der Waals surface area contributed by atoms with Gasteiger partial charge in [0.2, 0.25) is 0 Å². The third kappa shape index (κ3) is 3.53. The summed E-state index contributed by atoms with van der Waals surface area (Å²) in [5.41, 5.74) is 6.63. The predicted octanol–water partition coefficient (Wildman–Crippen LogP) is 2.92. The quantitative estimate of drug-likeness (QED) is 0.691. The average molecular weight is 330 g/mol. The lowest BCUT2D eigenvalue weighted by molar-refractivity contribution is -0.126. The number of nitrogens with zero attached hydrogens (tertiary/aromatic N) is 1. The highest BCUT2D eigenvalue weighted by Crippen LogP contribution is 2.22. The molecule has 0 aromatic heterocycles. The van der Waals surface area contributed by atoms with Crippen LogP contribution in [0, 0.1) is 12.7 Å². The smallest absolute Gasteiger partial charge is 0.344 e. The Kier molecular flexibility index (Phi) is 5.18. The molecule has 0 aliphatic rings. The number of amides is 1. The monoisotopic (exact) mass is 330 g/mol. The zero-order valence-electron chi connectivity index (χ0n) is 13.7. The number of anilines is 2. The molecule has 0 aliphatic heterocycles. The maximum Gasteiger partial charge on any atom is 0.344 e. The molecule has 1 atom stereocenters. The SMILES string of the molecule is Cc1ccc(F)c(C(=O)OC(C)C(=O)N(C)c2ccccc2)c1N. The molecular formula is C18H19FN2O3. The molecule has 0 fully saturated rings. The lowest BCUT2D eigenvalue weighted by atomic mass is 10.1. The summed E-state index contributed by atoms with van der Waals surface area (Å²) in [6, 6.07) is 11.5. The number of aryl methyl sites for hydroxylation is 1. The van der Waals surface area contributed by atoms with Crippen LogP contribution in [0.2, 0.25) is 0 Å². The summed E-state index contributed by atoms with van der Waals surface area (Å²) in [6.45, 7) is 3.09. The number of hydrogen-bond donors (Lipinski definition) is 1. The molecule has 2 N–H and O–H groups in total. The Morgan fingerprint density at radius 1 is 1.17 bits per heavy atom. The van der Waals surface area contributed by atoms with E-state index in [0.29, 0.717) is 11.3 Å². The van der Waals surface area contributed by atoms with E-state index in [1.165, 1.54) is 17.9 Å². The molecule has 5 nitrogen and oxygen atoms in total. The van der Waals surface area contributed by atoms with E-state index in [-0.39, 0.29) is 11.3 Å². The molecule has 1 unspecified atom stereocenters. The standard InChI is InChI=1S/C18H19FN2O3/c1-11-9-10-14(19)15(16(11)20)18(23)24-12(2)17(22)21(3)13-7-5-4-6-8-13/h4-10,12H,20H2,1-3H3. The van der Waals surface area contributed by atoms with Gasteiger partial charge in [0.1, 0.15) is 11.4 Å². The molecule has 2 aromatic carbocycles. The number of carbonyl (C=O) groups excluding carboxylic acids is 2. The molecule has 0 heterocycles. The van der Waals surface area contributed by atoms with Crippen LogP contribution in [0.25, 0.3) is 0 Å². The summed E-state index contributed by atoms with van der Waals surface area (Å²) in [7, 11) is 1.57. The molecular weight excluding hydrogens is 311 g/mol. The Hall–Kier alpha value is -2.89. The first-order valence-electron chi connectivity index (χ1n) is 7.41. The molecule has 0 bridgehead atoms. The summed E-state index contributed by atoms with van der Waals surface area (Å²) < 4.78 is 19.0. The highest BCUT2D eigenvalue weighted by atomic mass is 19.1. The number of halogens is 1. The molecule has 2 aromatic rings. The van der Waals surface area contributed by atoms with Gasteiger partial charge in [0.15, 0.2) is 6.10 Å². The molecule has 24 heavy (non-hydrogen) atoms. The van der Waals surface area contributed by atoms with Gasteiger partial charge in [0.05, 0.1) is 5.69 Å². The fourth-order valence-electron chi connectivity index (χ4n) is 2.23. The van der Waals surface area contributed by atoms with Crippen LogP contribution in [0.15, 0.2) is 42.5 Å². The van der Waals surface area contributed by atoms with Crippen molar-refractivity contribution in [3.8, 4) is 0 Å². The number of benzene rings is 2. The first-order chi connectivity index (χ1) is 11.3. The van der Waals surface area contributed by atoms with Crippen molar-refractivity contribution >= 4 is 23.3 Å². The van der Waals surface area contributed by atoms with Crippen molar-refractivity contribution < 1.29 is 18.7 Å². The number of carbonyl (C=O) groups is 2. The van der Waals surface area contributed by atoms with Crippen LogP contribution in [0.1, 0.15) is 22.8 Å². The van der Waals surface area contributed by atoms with Gasteiger partial charge in [0.25, 0.3) is 5.91 Å². The zero-order chi connectivity index (χ0) is 17.9. The number of para-hydroxylation sites is 1. The molecule has 0 radical (unpaired) electrons. The second-order valence-corrected chi connectivity index (χ2v) is 5.43. The van der Waals surface area contributed by atoms with Crippen molar-refractivity contribution in [3.63, 3.8) is 0 Å². The molecule has 0 saturated heterocycles. The predicted molar refractivity (Wildman–Crippen MR) is 90.3 cm³/mol. The average Bonchev–Trinajstić information content (AvgIpc) is 2.58. The molecule has 1 amide bonds. The van der Waals surface area contributed by atoms with Gasteiger partial charge in [-0.25, -0.2) is 9.18 Å². The maximum atomic E-state index is 13.9. The first kappa shape index (κ1) is 17.5. The van der Waals surface area contributed by atoms with E-state index in [9.17, 15) is 14.0 Å². The molecule has 2 rings (SSSR count). The highest BCUT2D eigenvalue weighted by Gasteiger charge is 2.26. The lowest BCUT2D eigenvalue weighted by Crippen LogP contribution is -2.37. The van der Waals surface area contributed by atoms with Gasteiger partial charge in [-0.3, -0.25) is 4.79 Å². The van der Waals surface area contributed by atoms with Crippen molar-refractivity contribution in [3.05, 3.63) is 59.4 Å². The summed E-state index contributed by atoms with van der Waals surface area (Å²) in [5.74, 6) is -2.17. The van der Waals surface area contributed by atoms with Crippen molar-refractivity contribution in [2.24, 2.45) is 0 Å². The molecule has 0 aliphatic carbocycles. The summed E-state index contributed by atoms with van der Waals surface area (Å²) in [6.07, 6.45) is -1.08. The summed E-state index contributed by atoms with van der Waals surface area (Å²) in [5, 5.41) is 0. The zero-order valence-corrected chi connectivity index (χ0v) is 13.7. The van der Waals surface area contributed by atoms with Gasteiger partial charge in [-0.05, 0) is 37.6 Å². The summed E-state index contributed by atoms with van der Waals surface area (Å²) in [4.78, 5) is 25.9. The van der Waals surface area contributed by atoms with E-state index in [1.807, 2.05) is 6.07 Å².